The minimum Gasteiger partial charge on any atom is -0.481 e. The van der Waals surface area contributed by atoms with Gasteiger partial charge in [0.1, 0.15) is 5.82 Å². The standard InChI is InChI=1S/C17H22N4O2/c22-16(23)8-5-13-11-19-21(12-13)10-2-4-15-7-6-14-3-1-9-18-17(14)20-15/h6-7,11-12H,1-5,8-10H2,(H,18,20)(H,22,23). The van der Waals surface area contributed by atoms with Gasteiger partial charge >= 0.3 is 5.97 Å². The Hall–Kier alpha value is -2.37. The van der Waals surface area contributed by atoms with Gasteiger partial charge in [-0.1, -0.05) is 6.07 Å². The summed E-state index contributed by atoms with van der Waals surface area (Å²) < 4.78 is 1.88. The summed E-state index contributed by atoms with van der Waals surface area (Å²) in [4.78, 5) is 15.3. The summed E-state index contributed by atoms with van der Waals surface area (Å²) in [5.74, 6) is 0.272. The van der Waals surface area contributed by atoms with Gasteiger partial charge in [0.2, 0.25) is 0 Å². The number of hydrogen-bond acceptors (Lipinski definition) is 4. The first-order chi connectivity index (χ1) is 11.2. The average molecular weight is 314 g/mol. The largest absolute Gasteiger partial charge is 0.481 e. The number of nitrogens with zero attached hydrogens (tertiary/aromatic N) is 3. The van der Waals surface area contributed by atoms with Crippen LogP contribution in [0.1, 0.15) is 36.1 Å². The van der Waals surface area contributed by atoms with E-state index in [1.807, 2.05) is 10.9 Å². The maximum Gasteiger partial charge on any atom is 0.303 e. The van der Waals surface area contributed by atoms with Crippen LogP contribution in [-0.2, 0) is 30.6 Å². The SMILES string of the molecule is O=C(O)CCc1cnn(CCCc2ccc3c(n2)NCCC3)c1. The normalized spacial score (nSPS) is 13.4. The van der Waals surface area contributed by atoms with Crippen molar-refractivity contribution in [1.29, 1.82) is 0 Å². The van der Waals surface area contributed by atoms with Crippen LogP contribution in [0.2, 0.25) is 0 Å². The number of carboxylic acids is 1. The lowest BCUT2D eigenvalue weighted by atomic mass is 10.1. The van der Waals surface area contributed by atoms with Crippen LogP contribution in [0.15, 0.2) is 24.5 Å². The highest BCUT2D eigenvalue weighted by molar-refractivity contribution is 5.67. The lowest BCUT2D eigenvalue weighted by Crippen LogP contribution is -2.14. The van der Waals surface area contributed by atoms with Gasteiger partial charge in [0.25, 0.3) is 0 Å². The van der Waals surface area contributed by atoms with Crippen LogP contribution >= 0.6 is 0 Å². The molecule has 0 bridgehead atoms. The number of carboxylic acid groups (broad SMARTS) is 1. The monoisotopic (exact) mass is 314 g/mol. The van der Waals surface area contributed by atoms with E-state index in [0.717, 1.165) is 49.4 Å². The number of rotatable bonds is 7. The van der Waals surface area contributed by atoms with Crippen LogP contribution < -0.4 is 5.32 Å². The second kappa shape index (κ2) is 7.26. The van der Waals surface area contributed by atoms with E-state index >= 15 is 0 Å². The number of nitrogens with one attached hydrogen (secondary N) is 1. The first-order valence-corrected chi connectivity index (χ1v) is 8.16. The predicted molar refractivity (Wildman–Crippen MR) is 87.6 cm³/mol. The van der Waals surface area contributed by atoms with E-state index in [2.05, 4.69) is 22.5 Å². The Balaban J connectivity index is 1.48. The Kier molecular flexibility index (Phi) is 4.90. The highest BCUT2D eigenvalue weighted by atomic mass is 16.4. The molecule has 0 aromatic carbocycles. The Bertz CT molecular complexity index is 681. The minimum absolute atomic E-state index is 0.151. The summed E-state index contributed by atoms with van der Waals surface area (Å²) in [6, 6.07) is 4.30. The molecule has 0 spiro atoms. The highest BCUT2D eigenvalue weighted by Gasteiger charge is 2.10. The molecule has 1 aliphatic heterocycles. The molecule has 23 heavy (non-hydrogen) atoms. The van der Waals surface area contributed by atoms with Crippen LogP contribution in [0.25, 0.3) is 0 Å². The van der Waals surface area contributed by atoms with Crippen LogP contribution in [0, 0.1) is 0 Å². The van der Waals surface area contributed by atoms with Crippen molar-refractivity contribution in [1.82, 2.24) is 14.8 Å². The van der Waals surface area contributed by atoms with Crippen molar-refractivity contribution in [3.63, 3.8) is 0 Å². The van der Waals surface area contributed by atoms with Gasteiger partial charge in [0, 0.05) is 31.4 Å². The van der Waals surface area contributed by atoms with Gasteiger partial charge in [-0.25, -0.2) is 4.98 Å². The molecule has 3 heterocycles. The molecule has 122 valence electrons. The van der Waals surface area contributed by atoms with Crippen molar-refractivity contribution in [3.8, 4) is 0 Å². The molecule has 0 fully saturated rings. The number of carbonyl (C=O) groups is 1. The molecule has 0 radical (unpaired) electrons. The molecule has 0 amide bonds. The smallest absolute Gasteiger partial charge is 0.303 e. The zero-order valence-electron chi connectivity index (χ0n) is 13.2. The molecule has 2 aromatic heterocycles. The summed E-state index contributed by atoms with van der Waals surface area (Å²) in [6.45, 7) is 1.83. The van der Waals surface area contributed by atoms with E-state index in [1.54, 1.807) is 6.20 Å². The van der Waals surface area contributed by atoms with Crippen LogP contribution in [0.4, 0.5) is 5.82 Å². The van der Waals surface area contributed by atoms with E-state index in [-0.39, 0.29) is 6.42 Å². The Morgan fingerprint density at radius 3 is 3.13 bits per heavy atom. The lowest BCUT2D eigenvalue weighted by Gasteiger charge is -2.17. The molecule has 0 saturated heterocycles. The van der Waals surface area contributed by atoms with Gasteiger partial charge in [-0.3, -0.25) is 9.48 Å². The van der Waals surface area contributed by atoms with E-state index in [0.29, 0.717) is 6.42 Å². The maximum atomic E-state index is 10.6. The molecule has 6 heteroatoms. The molecule has 0 unspecified atom stereocenters. The van der Waals surface area contributed by atoms with Gasteiger partial charge in [0.15, 0.2) is 0 Å². The minimum atomic E-state index is -0.773. The fraction of sp³-hybridized carbons (Fsp3) is 0.471. The summed E-state index contributed by atoms with van der Waals surface area (Å²) in [5, 5.41) is 16.3. The lowest BCUT2D eigenvalue weighted by molar-refractivity contribution is -0.136. The fourth-order valence-electron chi connectivity index (χ4n) is 2.84. The van der Waals surface area contributed by atoms with Crippen molar-refractivity contribution in [3.05, 3.63) is 41.3 Å². The summed E-state index contributed by atoms with van der Waals surface area (Å²) in [7, 11) is 0. The van der Waals surface area contributed by atoms with Gasteiger partial charge in [-0.2, -0.15) is 5.10 Å². The number of pyridine rings is 1. The number of aromatic nitrogens is 3. The molecule has 0 saturated carbocycles. The van der Waals surface area contributed by atoms with Crippen molar-refractivity contribution in [2.75, 3.05) is 11.9 Å². The maximum absolute atomic E-state index is 10.6. The average Bonchev–Trinajstić information content (AvgIpc) is 3.01. The van der Waals surface area contributed by atoms with E-state index < -0.39 is 5.97 Å². The van der Waals surface area contributed by atoms with Crippen LogP contribution in [0.3, 0.4) is 0 Å². The third kappa shape index (κ3) is 4.31. The van der Waals surface area contributed by atoms with Crippen molar-refractivity contribution < 1.29 is 9.90 Å². The topological polar surface area (TPSA) is 80.0 Å². The zero-order chi connectivity index (χ0) is 16.1. The first-order valence-electron chi connectivity index (χ1n) is 8.16. The molecule has 6 nitrogen and oxygen atoms in total. The summed E-state index contributed by atoms with van der Waals surface area (Å²) in [6.07, 6.45) is 8.55. The van der Waals surface area contributed by atoms with Gasteiger partial charge in [-0.05, 0) is 49.3 Å². The highest BCUT2D eigenvalue weighted by Crippen LogP contribution is 2.20. The number of anilines is 1. The van der Waals surface area contributed by atoms with E-state index in [4.69, 9.17) is 10.1 Å². The fourth-order valence-corrected chi connectivity index (χ4v) is 2.84. The number of aryl methyl sites for hydroxylation is 4. The predicted octanol–water partition coefficient (Wildman–Crippen LogP) is 2.29. The van der Waals surface area contributed by atoms with Gasteiger partial charge < -0.3 is 10.4 Å². The zero-order valence-corrected chi connectivity index (χ0v) is 13.2. The van der Waals surface area contributed by atoms with Gasteiger partial charge in [-0.15, -0.1) is 0 Å². The Labute approximate surface area is 135 Å². The second-order valence-electron chi connectivity index (χ2n) is 5.95. The summed E-state index contributed by atoms with van der Waals surface area (Å²) in [5.41, 5.74) is 3.40. The Morgan fingerprint density at radius 2 is 2.26 bits per heavy atom. The van der Waals surface area contributed by atoms with Crippen LogP contribution in [0.5, 0.6) is 0 Å². The number of hydrogen-bond donors (Lipinski definition) is 2. The van der Waals surface area contributed by atoms with Crippen molar-refractivity contribution >= 4 is 11.8 Å². The third-order valence-corrected chi connectivity index (χ3v) is 4.09. The van der Waals surface area contributed by atoms with Crippen molar-refractivity contribution in [2.45, 2.75) is 45.1 Å². The van der Waals surface area contributed by atoms with E-state index in [9.17, 15) is 4.79 Å². The summed E-state index contributed by atoms with van der Waals surface area (Å²) >= 11 is 0. The van der Waals surface area contributed by atoms with E-state index in [1.165, 1.54) is 12.0 Å². The quantitative estimate of drug-likeness (QED) is 0.819. The number of fused-ring (bicyclic) bond motifs is 1. The van der Waals surface area contributed by atoms with Gasteiger partial charge in [0.05, 0.1) is 6.20 Å². The molecule has 2 aromatic rings. The molecule has 3 rings (SSSR count). The Morgan fingerprint density at radius 1 is 1.35 bits per heavy atom. The third-order valence-electron chi connectivity index (χ3n) is 4.09. The second-order valence-corrected chi connectivity index (χ2v) is 5.95. The first kappa shape index (κ1) is 15.5. The molecular weight excluding hydrogens is 292 g/mol. The number of aliphatic carboxylic acids is 1. The van der Waals surface area contributed by atoms with Crippen molar-refractivity contribution in [2.24, 2.45) is 0 Å². The molecule has 0 atom stereocenters. The molecule has 0 aliphatic carbocycles. The molecule has 1 aliphatic rings. The van der Waals surface area contributed by atoms with Crippen LogP contribution in [-0.4, -0.2) is 32.4 Å². The molecule has 2 N–H and O–H groups in total. The molecular formula is C17H22N4O2.